The molecular formula is C15H18ClNO4S. The van der Waals surface area contributed by atoms with Crippen LogP contribution in [0, 0.1) is 6.92 Å². The first-order valence-electron chi connectivity index (χ1n) is 6.90. The van der Waals surface area contributed by atoms with Crippen molar-refractivity contribution in [2.24, 2.45) is 0 Å². The maximum absolute atomic E-state index is 12.5. The summed E-state index contributed by atoms with van der Waals surface area (Å²) in [6.45, 7) is 2.38. The minimum Gasteiger partial charge on any atom is -0.480 e. The number of carbonyl (C=O) groups excluding carboxylic acids is 1. The van der Waals surface area contributed by atoms with Crippen LogP contribution in [0.15, 0.2) is 18.2 Å². The molecule has 1 aromatic carbocycles. The topological polar surface area (TPSA) is 74.7 Å². The van der Waals surface area contributed by atoms with Crippen LogP contribution in [-0.2, 0) is 15.6 Å². The summed E-state index contributed by atoms with van der Waals surface area (Å²) in [5.41, 5.74) is 1.34. The molecule has 120 valence electrons. The average molecular weight is 344 g/mol. The second-order valence-electron chi connectivity index (χ2n) is 5.51. The number of benzene rings is 1. The van der Waals surface area contributed by atoms with Gasteiger partial charge in [-0.3, -0.25) is 13.8 Å². The highest BCUT2D eigenvalue weighted by Gasteiger charge is 2.46. The van der Waals surface area contributed by atoms with Crippen LogP contribution < -0.4 is 0 Å². The van der Waals surface area contributed by atoms with E-state index in [0.717, 1.165) is 5.56 Å². The van der Waals surface area contributed by atoms with Crippen molar-refractivity contribution >= 4 is 34.3 Å². The fourth-order valence-electron chi connectivity index (χ4n) is 2.73. The molecule has 2 rings (SSSR count). The van der Waals surface area contributed by atoms with Crippen molar-refractivity contribution in [3.63, 3.8) is 0 Å². The Kier molecular flexibility index (Phi) is 4.92. The molecule has 1 saturated heterocycles. The molecule has 1 aliphatic rings. The summed E-state index contributed by atoms with van der Waals surface area (Å²) in [7, 11) is -1.48. The maximum Gasteiger partial charge on any atom is 0.322 e. The van der Waals surface area contributed by atoms with E-state index >= 15 is 0 Å². The molecule has 0 aliphatic carbocycles. The minimum atomic E-state index is -1.48. The molecule has 1 aromatic rings. The SMILES string of the molecule is Cc1cc(Cl)ccc1C(=O)N1CCC(C(=O)O)(S(C)=O)CC1. The number of hydrogen-bond donors (Lipinski definition) is 1. The minimum absolute atomic E-state index is 0.143. The fourth-order valence-corrected chi connectivity index (χ4v) is 3.96. The van der Waals surface area contributed by atoms with Crippen molar-refractivity contribution in [2.75, 3.05) is 19.3 Å². The van der Waals surface area contributed by atoms with Crippen molar-refractivity contribution < 1.29 is 18.9 Å². The summed E-state index contributed by atoms with van der Waals surface area (Å²) in [5, 5.41) is 9.93. The predicted octanol–water partition coefficient (Wildman–Crippen LogP) is 2.09. The van der Waals surface area contributed by atoms with Gasteiger partial charge >= 0.3 is 5.97 Å². The summed E-state index contributed by atoms with van der Waals surface area (Å²) in [6.07, 6.45) is 1.81. The third kappa shape index (κ3) is 3.03. The highest BCUT2D eigenvalue weighted by atomic mass is 35.5. The Labute approximate surface area is 136 Å². The molecule has 22 heavy (non-hydrogen) atoms. The summed E-state index contributed by atoms with van der Waals surface area (Å²) in [4.78, 5) is 25.6. The Morgan fingerprint density at radius 2 is 1.91 bits per heavy atom. The Morgan fingerprint density at radius 3 is 2.36 bits per heavy atom. The van der Waals surface area contributed by atoms with E-state index in [-0.39, 0.29) is 31.8 Å². The van der Waals surface area contributed by atoms with E-state index in [2.05, 4.69) is 0 Å². The number of amides is 1. The quantitative estimate of drug-likeness (QED) is 0.911. The number of aryl methyl sites for hydroxylation is 1. The van der Waals surface area contributed by atoms with Crippen LogP contribution in [0.25, 0.3) is 0 Å². The molecule has 1 heterocycles. The lowest BCUT2D eigenvalue weighted by Crippen LogP contribution is -2.53. The second kappa shape index (κ2) is 6.38. The van der Waals surface area contributed by atoms with Crippen molar-refractivity contribution in [3.05, 3.63) is 34.3 Å². The monoisotopic (exact) mass is 343 g/mol. The molecule has 0 spiro atoms. The van der Waals surface area contributed by atoms with Crippen molar-refractivity contribution in [1.82, 2.24) is 4.90 Å². The van der Waals surface area contributed by atoms with Gasteiger partial charge in [-0.2, -0.15) is 0 Å². The van der Waals surface area contributed by atoms with Crippen LogP contribution >= 0.6 is 11.6 Å². The first kappa shape index (κ1) is 17.0. The summed E-state index contributed by atoms with van der Waals surface area (Å²) >= 11 is 5.89. The van der Waals surface area contributed by atoms with E-state index in [1.54, 1.807) is 23.1 Å². The van der Waals surface area contributed by atoms with Crippen molar-refractivity contribution in [2.45, 2.75) is 24.5 Å². The molecule has 5 nitrogen and oxygen atoms in total. The van der Waals surface area contributed by atoms with Gasteiger partial charge in [0.2, 0.25) is 0 Å². The number of hydrogen-bond acceptors (Lipinski definition) is 3. The summed E-state index contributed by atoms with van der Waals surface area (Å²) in [5.74, 6) is -1.20. The molecule has 1 aliphatic heterocycles. The van der Waals surface area contributed by atoms with Gasteiger partial charge in [0.25, 0.3) is 5.91 Å². The van der Waals surface area contributed by atoms with Crippen molar-refractivity contribution in [3.8, 4) is 0 Å². The average Bonchev–Trinajstić information content (AvgIpc) is 2.46. The van der Waals surface area contributed by atoms with Crippen molar-refractivity contribution in [1.29, 1.82) is 0 Å². The first-order chi connectivity index (χ1) is 10.3. The van der Waals surface area contributed by atoms with Gasteiger partial charge in [-0.25, -0.2) is 0 Å². The van der Waals surface area contributed by atoms with Crippen LogP contribution in [0.4, 0.5) is 0 Å². The van der Waals surface area contributed by atoms with Crippen LogP contribution in [0.2, 0.25) is 5.02 Å². The van der Waals surface area contributed by atoms with Crippen LogP contribution in [0.1, 0.15) is 28.8 Å². The molecule has 0 saturated carbocycles. The normalized spacial score (nSPS) is 18.8. The number of rotatable bonds is 3. The van der Waals surface area contributed by atoms with Gasteiger partial charge < -0.3 is 10.0 Å². The largest absolute Gasteiger partial charge is 0.480 e. The highest BCUT2D eigenvalue weighted by molar-refractivity contribution is 7.86. The molecule has 1 N–H and O–H groups in total. The second-order valence-corrected chi connectivity index (χ2v) is 7.63. The van der Waals surface area contributed by atoms with Gasteiger partial charge in [-0.05, 0) is 43.5 Å². The van der Waals surface area contributed by atoms with Crippen LogP contribution in [0.3, 0.4) is 0 Å². The van der Waals surface area contributed by atoms with Gasteiger partial charge in [-0.1, -0.05) is 11.6 Å². The van der Waals surface area contributed by atoms with E-state index in [1.165, 1.54) is 6.26 Å². The van der Waals surface area contributed by atoms with E-state index in [9.17, 15) is 18.9 Å². The van der Waals surface area contributed by atoms with E-state index in [0.29, 0.717) is 10.6 Å². The Bertz CT molecular complexity index is 622. The van der Waals surface area contributed by atoms with E-state index < -0.39 is 21.5 Å². The van der Waals surface area contributed by atoms with E-state index in [4.69, 9.17) is 11.6 Å². The van der Waals surface area contributed by atoms with Crippen LogP contribution in [-0.4, -0.2) is 50.2 Å². The number of likely N-dealkylation sites (tertiary alicyclic amines) is 1. The lowest BCUT2D eigenvalue weighted by atomic mass is 9.95. The zero-order chi connectivity index (χ0) is 16.5. The zero-order valence-electron chi connectivity index (χ0n) is 12.5. The Balaban J connectivity index is 2.16. The number of carboxylic acid groups (broad SMARTS) is 1. The molecule has 1 amide bonds. The molecule has 1 unspecified atom stereocenters. The smallest absolute Gasteiger partial charge is 0.322 e. The molecule has 0 aromatic heterocycles. The first-order valence-corrected chi connectivity index (χ1v) is 8.84. The molecule has 0 radical (unpaired) electrons. The molecule has 0 bridgehead atoms. The standard InChI is InChI=1S/C15H18ClNO4S/c1-10-9-11(16)3-4-12(10)13(18)17-7-5-15(6-8-17,14(19)20)22(2)21/h3-4,9H,5-8H2,1-2H3,(H,19,20). The summed E-state index contributed by atoms with van der Waals surface area (Å²) in [6, 6.07) is 5.06. The van der Waals surface area contributed by atoms with Gasteiger partial charge in [0.05, 0.1) is 0 Å². The molecule has 1 fully saturated rings. The fraction of sp³-hybridized carbons (Fsp3) is 0.467. The Hall–Kier alpha value is -1.40. The zero-order valence-corrected chi connectivity index (χ0v) is 14.0. The Morgan fingerprint density at radius 1 is 1.32 bits per heavy atom. The molecule has 1 atom stereocenters. The number of halogens is 1. The van der Waals surface area contributed by atoms with E-state index in [1.807, 2.05) is 6.92 Å². The number of carboxylic acids is 1. The third-order valence-electron chi connectivity index (χ3n) is 4.22. The maximum atomic E-state index is 12.5. The number of nitrogens with zero attached hydrogens (tertiary/aromatic N) is 1. The van der Waals surface area contributed by atoms with Gasteiger partial charge in [0, 0.05) is 40.7 Å². The third-order valence-corrected chi connectivity index (χ3v) is 6.14. The van der Waals surface area contributed by atoms with Gasteiger partial charge in [0.1, 0.15) is 4.75 Å². The predicted molar refractivity (Wildman–Crippen MR) is 85.8 cm³/mol. The lowest BCUT2D eigenvalue weighted by Gasteiger charge is -2.37. The molecular weight excluding hydrogens is 326 g/mol. The number of piperidine rings is 1. The molecule has 7 heteroatoms. The number of aliphatic carboxylic acids is 1. The number of carbonyl (C=O) groups is 2. The summed E-state index contributed by atoms with van der Waals surface area (Å²) < 4.78 is 10.6. The van der Waals surface area contributed by atoms with Gasteiger partial charge in [-0.15, -0.1) is 0 Å². The van der Waals surface area contributed by atoms with Gasteiger partial charge in [0.15, 0.2) is 0 Å². The lowest BCUT2D eigenvalue weighted by molar-refractivity contribution is -0.141. The highest BCUT2D eigenvalue weighted by Crippen LogP contribution is 2.29. The van der Waals surface area contributed by atoms with Crippen LogP contribution in [0.5, 0.6) is 0 Å².